The lowest BCUT2D eigenvalue weighted by atomic mass is 9.72. The predicted molar refractivity (Wildman–Crippen MR) is 155 cm³/mol. The lowest BCUT2D eigenvalue weighted by Gasteiger charge is -2.33. The fourth-order valence-electron chi connectivity index (χ4n) is 4.64. The number of halogens is 1. The minimum Gasteiger partial charge on any atom is -0.490 e. The summed E-state index contributed by atoms with van der Waals surface area (Å²) in [4.78, 5) is 19.7. The Kier molecular flexibility index (Phi) is 8.60. The lowest BCUT2D eigenvalue weighted by molar-refractivity contribution is 0.102. The number of nitrogens with zero attached hydrogens (tertiary/aromatic N) is 1. The molecule has 1 aliphatic rings. The van der Waals surface area contributed by atoms with Gasteiger partial charge in [0.1, 0.15) is 5.00 Å². The van der Waals surface area contributed by atoms with Crippen LogP contribution in [0.25, 0.3) is 0 Å². The summed E-state index contributed by atoms with van der Waals surface area (Å²) in [5, 5.41) is 4.41. The Bertz CT molecular complexity index is 1280. The number of benzene rings is 2. The zero-order chi connectivity index (χ0) is 26.6. The van der Waals surface area contributed by atoms with Gasteiger partial charge in [0, 0.05) is 21.8 Å². The molecule has 0 spiro atoms. The van der Waals surface area contributed by atoms with Gasteiger partial charge in [0.25, 0.3) is 5.91 Å². The summed E-state index contributed by atoms with van der Waals surface area (Å²) in [7, 11) is 0. The molecule has 1 aliphatic carbocycles. The van der Waals surface area contributed by atoms with Gasteiger partial charge in [0.2, 0.25) is 0 Å². The van der Waals surface area contributed by atoms with E-state index in [0.717, 1.165) is 35.4 Å². The number of nitrogens with one attached hydrogen (secondary N) is 1. The molecule has 37 heavy (non-hydrogen) atoms. The maximum absolute atomic E-state index is 13.6. The lowest BCUT2D eigenvalue weighted by Crippen LogP contribution is -2.27. The monoisotopic (exact) mass is 538 g/mol. The third kappa shape index (κ3) is 6.55. The smallest absolute Gasteiger partial charge is 0.259 e. The normalized spacial score (nSPS) is 15.5. The highest BCUT2D eigenvalue weighted by Gasteiger charge is 2.33. The number of anilines is 1. The summed E-state index contributed by atoms with van der Waals surface area (Å²) in [5.41, 5.74) is 3.62. The van der Waals surface area contributed by atoms with E-state index in [0.29, 0.717) is 46.9 Å². The first-order chi connectivity index (χ1) is 17.7. The molecule has 5 nitrogen and oxygen atoms in total. The SMILES string of the molecule is CCOc1ccc(C=Nc2sc3c(c2C(=O)Nc2ccc(Cl)cc2)CC[C@H](C(C)(C)C)C3)cc1OCC. The average Bonchev–Trinajstić information content (AvgIpc) is 3.23. The number of hydrogen-bond acceptors (Lipinski definition) is 5. The number of ether oxygens (including phenoxy) is 2. The van der Waals surface area contributed by atoms with E-state index in [1.165, 1.54) is 4.88 Å². The summed E-state index contributed by atoms with van der Waals surface area (Å²) >= 11 is 7.66. The van der Waals surface area contributed by atoms with Crippen molar-refractivity contribution in [3.8, 4) is 11.5 Å². The van der Waals surface area contributed by atoms with Crippen LogP contribution < -0.4 is 14.8 Å². The first-order valence-electron chi connectivity index (χ1n) is 12.8. The van der Waals surface area contributed by atoms with Gasteiger partial charge >= 0.3 is 0 Å². The molecule has 0 fully saturated rings. The summed E-state index contributed by atoms with van der Waals surface area (Å²) < 4.78 is 11.5. The number of thiophene rings is 1. The first kappa shape index (κ1) is 27.2. The van der Waals surface area contributed by atoms with Gasteiger partial charge in [-0.25, -0.2) is 4.99 Å². The molecule has 0 radical (unpaired) electrons. The van der Waals surface area contributed by atoms with E-state index in [1.807, 2.05) is 44.2 Å². The molecule has 4 rings (SSSR count). The van der Waals surface area contributed by atoms with Crippen LogP contribution in [0.15, 0.2) is 47.5 Å². The van der Waals surface area contributed by atoms with E-state index in [2.05, 4.69) is 26.1 Å². The van der Waals surface area contributed by atoms with Gasteiger partial charge in [-0.15, -0.1) is 11.3 Å². The third-order valence-electron chi connectivity index (χ3n) is 6.70. The Hall–Kier alpha value is -2.83. The molecule has 2 aromatic carbocycles. The Morgan fingerprint density at radius 1 is 1.11 bits per heavy atom. The summed E-state index contributed by atoms with van der Waals surface area (Å²) in [6, 6.07) is 12.9. The topological polar surface area (TPSA) is 59.9 Å². The van der Waals surface area contributed by atoms with Crippen molar-refractivity contribution in [3.63, 3.8) is 0 Å². The molecule has 0 aliphatic heterocycles. The highest BCUT2D eigenvalue weighted by molar-refractivity contribution is 7.16. The summed E-state index contributed by atoms with van der Waals surface area (Å²) in [6.45, 7) is 11.9. The molecule has 0 saturated heterocycles. The van der Waals surface area contributed by atoms with Crippen molar-refractivity contribution in [2.45, 2.75) is 53.9 Å². The van der Waals surface area contributed by atoms with Crippen molar-refractivity contribution < 1.29 is 14.3 Å². The number of rotatable bonds is 8. The van der Waals surface area contributed by atoms with E-state index in [1.54, 1.807) is 29.7 Å². The molecular formula is C30H35ClN2O3S. The standard InChI is InChI=1S/C30H35ClN2O3S/c1-6-35-24-15-8-19(16-25(24)36-7-2)18-32-29-27(28(34)33-22-12-10-21(31)11-13-22)23-14-9-20(30(3,4)5)17-26(23)37-29/h8,10-13,15-16,18,20H,6-7,9,14,17H2,1-5H3,(H,33,34)/t20-/m0/s1. The van der Waals surface area contributed by atoms with E-state index in [-0.39, 0.29) is 11.3 Å². The number of carbonyl (C=O) groups is 1. The number of aliphatic imine (C=N–C) groups is 1. The van der Waals surface area contributed by atoms with Crippen molar-refractivity contribution in [1.82, 2.24) is 0 Å². The van der Waals surface area contributed by atoms with Crippen molar-refractivity contribution in [2.75, 3.05) is 18.5 Å². The van der Waals surface area contributed by atoms with Gasteiger partial charge in [0.15, 0.2) is 11.5 Å². The van der Waals surface area contributed by atoms with Crippen molar-refractivity contribution in [3.05, 3.63) is 69.1 Å². The van der Waals surface area contributed by atoms with Gasteiger partial charge in [-0.1, -0.05) is 32.4 Å². The van der Waals surface area contributed by atoms with Crippen molar-refractivity contribution in [2.24, 2.45) is 16.3 Å². The van der Waals surface area contributed by atoms with Crippen LogP contribution in [-0.4, -0.2) is 25.3 Å². The molecule has 196 valence electrons. The van der Waals surface area contributed by atoms with Crippen molar-refractivity contribution in [1.29, 1.82) is 0 Å². The molecule has 1 atom stereocenters. The largest absolute Gasteiger partial charge is 0.490 e. The van der Waals surface area contributed by atoms with Crippen LogP contribution in [0, 0.1) is 11.3 Å². The molecule has 1 amide bonds. The molecule has 0 saturated carbocycles. The Morgan fingerprint density at radius 3 is 2.49 bits per heavy atom. The zero-order valence-electron chi connectivity index (χ0n) is 22.2. The van der Waals surface area contributed by atoms with E-state index in [9.17, 15) is 4.79 Å². The molecule has 1 aromatic heterocycles. The molecule has 3 aromatic rings. The van der Waals surface area contributed by atoms with Gasteiger partial charge in [-0.2, -0.15) is 0 Å². The second-order valence-corrected chi connectivity index (χ2v) is 11.8. The first-order valence-corrected chi connectivity index (χ1v) is 14.0. The maximum Gasteiger partial charge on any atom is 0.259 e. The third-order valence-corrected chi connectivity index (χ3v) is 8.11. The predicted octanol–water partition coefficient (Wildman–Crippen LogP) is 8.35. The van der Waals surface area contributed by atoms with Crippen LogP contribution in [-0.2, 0) is 12.8 Å². The number of fused-ring (bicyclic) bond motifs is 1. The van der Waals surface area contributed by atoms with Gasteiger partial charge in [-0.3, -0.25) is 4.79 Å². The fourth-order valence-corrected chi connectivity index (χ4v) is 6.04. The van der Waals surface area contributed by atoms with E-state index in [4.69, 9.17) is 26.1 Å². The van der Waals surface area contributed by atoms with E-state index < -0.39 is 0 Å². The highest BCUT2D eigenvalue weighted by atomic mass is 35.5. The summed E-state index contributed by atoms with van der Waals surface area (Å²) in [5.74, 6) is 1.84. The fraction of sp³-hybridized carbons (Fsp3) is 0.400. The Labute approximate surface area is 228 Å². The number of hydrogen-bond donors (Lipinski definition) is 1. The van der Waals surface area contributed by atoms with Gasteiger partial charge in [-0.05, 0) is 98.0 Å². The second kappa shape index (κ2) is 11.7. The Balaban J connectivity index is 1.69. The van der Waals surface area contributed by atoms with Crippen LogP contribution in [0.4, 0.5) is 10.7 Å². The number of carbonyl (C=O) groups excluding carboxylic acids is 1. The van der Waals surface area contributed by atoms with Gasteiger partial charge < -0.3 is 14.8 Å². The minimum absolute atomic E-state index is 0.136. The van der Waals surface area contributed by atoms with Crippen LogP contribution >= 0.6 is 22.9 Å². The Morgan fingerprint density at radius 2 is 1.81 bits per heavy atom. The number of amides is 1. The molecular weight excluding hydrogens is 504 g/mol. The quantitative estimate of drug-likeness (QED) is 0.293. The van der Waals surface area contributed by atoms with Crippen LogP contribution in [0.2, 0.25) is 5.02 Å². The summed E-state index contributed by atoms with van der Waals surface area (Å²) in [6.07, 6.45) is 4.71. The van der Waals surface area contributed by atoms with Crippen molar-refractivity contribution >= 4 is 45.7 Å². The minimum atomic E-state index is -0.136. The van der Waals surface area contributed by atoms with Crippen LogP contribution in [0.3, 0.4) is 0 Å². The molecule has 1 heterocycles. The van der Waals surface area contributed by atoms with Crippen LogP contribution in [0.1, 0.15) is 67.4 Å². The van der Waals surface area contributed by atoms with Gasteiger partial charge in [0.05, 0.1) is 18.8 Å². The zero-order valence-corrected chi connectivity index (χ0v) is 23.8. The highest BCUT2D eigenvalue weighted by Crippen LogP contribution is 2.45. The maximum atomic E-state index is 13.6. The molecule has 0 unspecified atom stereocenters. The van der Waals surface area contributed by atoms with Crippen LogP contribution in [0.5, 0.6) is 11.5 Å². The molecule has 0 bridgehead atoms. The average molecular weight is 539 g/mol. The molecule has 1 N–H and O–H groups in total. The van der Waals surface area contributed by atoms with E-state index >= 15 is 0 Å². The second-order valence-electron chi connectivity index (χ2n) is 10.3. The molecule has 7 heteroatoms.